The maximum absolute atomic E-state index is 16.9. The maximum Gasteiger partial charge on any atom is 0.407 e. The van der Waals surface area contributed by atoms with Gasteiger partial charge in [0.25, 0.3) is 0 Å². The molecule has 3 aromatic heterocycles. The number of aromatic nitrogens is 4. The minimum Gasteiger partial charge on any atom is -0.462 e. The third-order valence-electron chi connectivity index (χ3n) is 13.6. The Morgan fingerprint density at radius 1 is 0.853 bits per heavy atom. The van der Waals surface area contributed by atoms with Crippen molar-refractivity contribution in [3.63, 3.8) is 0 Å². The van der Waals surface area contributed by atoms with E-state index in [0.717, 1.165) is 47.3 Å². The van der Waals surface area contributed by atoms with Gasteiger partial charge in [0.1, 0.15) is 35.3 Å². The van der Waals surface area contributed by atoms with Crippen molar-refractivity contribution < 1.29 is 42.3 Å². The maximum atomic E-state index is 16.9. The summed E-state index contributed by atoms with van der Waals surface area (Å²) < 4.78 is 41.1. The number of amides is 4. The summed E-state index contributed by atoms with van der Waals surface area (Å²) in [7, 11) is 2.54. The summed E-state index contributed by atoms with van der Waals surface area (Å²) in [5, 5.41) is 14.2. The summed E-state index contributed by atoms with van der Waals surface area (Å²) in [4.78, 5) is 68.3. The smallest absolute Gasteiger partial charge is 0.407 e. The monoisotopic (exact) mass is 934 g/mol. The molecule has 0 aliphatic carbocycles. The van der Waals surface area contributed by atoms with Crippen LogP contribution in [0.5, 0.6) is 5.75 Å². The number of aromatic amines is 1. The van der Waals surface area contributed by atoms with Gasteiger partial charge in [0, 0.05) is 30.1 Å². The Kier molecular flexibility index (Phi) is 12.7. The van der Waals surface area contributed by atoms with Crippen LogP contribution in [0.15, 0.2) is 58.2 Å². The van der Waals surface area contributed by atoms with Crippen molar-refractivity contribution >= 4 is 40.7 Å². The van der Waals surface area contributed by atoms with Crippen LogP contribution in [-0.2, 0) is 19.1 Å². The van der Waals surface area contributed by atoms with E-state index >= 15 is 4.39 Å². The number of rotatable bonds is 12. The first-order chi connectivity index (χ1) is 32.6. The van der Waals surface area contributed by atoms with Crippen molar-refractivity contribution in [1.29, 1.82) is 0 Å². The highest BCUT2D eigenvalue weighted by Gasteiger charge is 2.41. The van der Waals surface area contributed by atoms with Crippen LogP contribution in [0, 0.1) is 17.7 Å². The highest BCUT2D eigenvalue weighted by atomic mass is 19.1. The lowest BCUT2D eigenvalue weighted by Gasteiger charge is -2.31. The molecule has 0 radical (unpaired) electrons. The quantitative estimate of drug-likeness (QED) is 0.0972. The summed E-state index contributed by atoms with van der Waals surface area (Å²) in [6.45, 7) is 13.1. The van der Waals surface area contributed by atoms with Crippen LogP contribution < -0.4 is 20.7 Å². The lowest BCUT2D eigenvalue weighted by atomic mass is 10.0. The highest BCUT2D eigenvalue weighted by Crippen LogP contribution is 2.48. The molecule has 2 aromatic carbocycles. The first-order valence-electron chi connectivity index (χ1n) is 23.4. The Balaban J connectivity index is 1.00. The molecule has 4 N–H and O–H groups in total. The largest absolute Gasteiger partial charge is 0.462 e. The van der Waals surface area contributed by atoms with Crippen LogP contribution in [0.1, 0.15) is 114 Å². The minimum absolute atomic E-state index is 0.0884. The number of aliphatic imine (C=N–C) groups is 1. The van der Waals surface area contributed by atoms with Gasteiger partial charge in [-0.3, -0.25) is 19.1 Å². The minimum atomic E-state index is -0.827. The number of carbonyl (C=O) groups is 4. The second kappa shape index (κ2) is 18.6. The Labute approximate surface area is 393 Å². The number of nitrogens with one attached hydrogen (secondary N) is 4. The number of nitrogens with zero attached hydrogens (tertiary/aromatic N) is 6. The average molecular weight is 935 g/mol. The molecule has 18 nitrogen and oxygen atoms in total. The van der Waals surface area contributed by atoms with Gasteiger partial charge in [0.05, 0.1) is 73.2 Å². The van der Waals surface area contributed by atoms with Gasteiger partial charge >= 0.3 is 12.2 Å². The third-order valence-corrected chi connectivity index (χ3v) is 13.6. The van der Waals surface area contributed by atoms with Crippen molar-refractivity contribution in [1.82, 2.24) is 45.4 Å². The third kappa shape index (κ3) is 8.50. The van der Waals surface area contributed by atoms with Gasteiger partial charge in [-0.1, -0.05) is 52.8 Å². The van der Waals surface area contributed by atoms with E-state index in [0.29, 0.717) is 60.3 Å². The Morgan fingerprint density at radius 3 is 2.15 bits per heavy atom. The van der Waals surface area contributed by atoms with Crippen LogP contribution >= 0.6 is 0 Å². The molecule has 0 saturated carbocycles. The fourth-order valence-corrected chi connectivity index (χ4v) is 9.93. The van der Waals surface area contributed by atoms with Crippen LogP contribution in [0.3, 0.4) is 0 Å². The molecular weight excluding hydrogens is 876 g/mol. The van der Waals surface area contributed by atoms with E-state index < -0.39 is 36.3 Å². The molecule has 9 rings (SSSR count). The number of alkyl carbamates (subject to hydrolysis) is 2. The van der Waals surface area contributed by atoms with Crippen LogP contribution in [0.2, 0.25) is 0 Å². The number of hydrogen-bond acceptors (Lipinski definition) is 12. The molecule has 5 aromatic rings. The topological polar surface area (TPSA) is 211 Å². The van der Waals surface area contributed by atoms with Crippen molar-refractivity contribution in [2.24, 2.45) is 16.8 Å². The van der Waals surface area contributed by atoms with Crippen molar-refractivity contribution in [3.05, 3.63) is 77.3 Å². The molecular formula is C49H59FN10O8. The van der Waals surface area contributed by atoms with Crippen molar-refractivity contribution in [2.45, 2.75) is 110 Å². The molecule has 360 valence electrons. The number of imidazole rings is 1. The lowest BCUT2D eigenvalue weighted by Crippen LogP contribution is -2.54. The zero-order valence-corrected chi connectivity index (χ0v) is 39.6. The molecule has 19 heteroatoms. The SMILES string of the molecule is COC(=O)N[C@H](C(=O)N1CCC[C@H]1C1=NCC(c2ccc3c(c2)cc2n3C(c3cc(C(C)C)no3)Oc3cc(-c4cnc([C@@H]5CCCN5C(=O)[C@@H](NC(=O)OC)C(C)C)[nH]4)cc(F)c3-2)N1)C(C)C. The number of hydrogen-bond donors (Lipinski definition) is 4. The number of halogens is 1. The van der Waals surface area contributed by atoms with E-state index in [1.807, 2.05) is 70.4 Å². The van der Waals surface area contributed by atoms with Crippen LogP contribution in [0.4, 0.5) is 14.0 Å². The molecule has 4 aliphatic heterocycles. The predicted molar refractivity (Wildman–Crippen MR) is 249 cm³/mol. The zero-order chi connectivity index (χ0) is 48.1. The lowest BCUT2D eigenvalue weighted by molar-refractivity contribution is -0.135. The summed E-state index contributed by atoms with van der Waals surface area (Å²) in [5.41, 5.74) is 4.44. The Hall–Kier alpha value is -6.92. The fraction of sp³-hybridized carbons (Fsp3) is 0.490. The van der Waals surface area contributed by atoms with E-state index in [1.165, 1.54) is 20.3 Å². The summed E-state index contributed by atoms with van der Waals surface area (Å²) >= 11 is 0. The number of fused-ring (bicyclic) bond motifs is 5. The molecule has 6 atom stereocenters. The Morgan fingerprint density at radius 2 is 1.51 bits per heavy atom. The van der Waals surface area contributed by atoms with Gasteiger partial charge in [-0.15, -0.1) is 0 Å². The molecule has 0 bridgehead atoms. The number of benzene rings is 2. The molecule has 4 amide bonds. The van der Waals surface area contributed by atoms with E-state index in [2.05, 4.69) is 37.1 Å². The van der Waals surface area contributed by atoms with E-state index in [1.54, 1.807) is 22.1 Å². The molecule has 2 unspecified atom stereocenters. The highest BCUT2D eigenvalue weighted by molar-refractivity contribution is 5.96. The number of likely N-dealkylation sites (tertiary alicyclic amines) is 2. The molecule has 68 heavy (non-hydrogen) atoms. The van der Waals surface area contributed by atoms with Gasteiger partial charge in [-0.2, -0.15) is 0 Å². The molecule has 7 heterocycles. The van der Waals surface area contributed by atoms with Crippen LogP contribution in [-0.4, -0.2) is 111 Å². The fourth-order valence-electron chi connectivity index (χ4n) is 9.93. The molecule has 2 saturated heterocycles. The van der Waals surface area contributed by atoms with Gasteiger partial charge in [0.15, 0.2) is 5.76 Å². The van der Waals surface area contributed by atoms with Gasteiger partial charge in [-0.25, -0.2) is 19.0 Å². The number of H-pyrrole nitrogens is 1. The zero-order valence-electron chi connectivity index (χ0n) is 39.6. The van der Waals surface area contributed by atoms with Gasteiger partial charge in [0.2, 0.25) is 18.0 Å². The molecule has 4 aliphatic rings. The second-order valence-corrected chi connectivity index (χ2v) is 19.0. The van der Waals surface area contributed by atoms with Crippen LogP contribution in [0.25, 0.3) is 33.4 Å². The first-order valence-corrected chi connectivity index (χ1v) is 23.4. The predicted octanol–water partition coefficient (Wildman–Crippen LogP) is 7.35. The van der Waals surface area contributed by atoms with E-state index in [4.69, 9.17) is 23.7 Å². The summed E-state index contributed by atoms with van der Waals surface area (Å²) in [5.74, 6) is 0.898. The van der Waals surface area contributed by atoms with E-state index in [-0.39, 0.29) is 53.3 Å². The van der Waals surface area contributed by atoms with Crippen molar-refractivity contribution in [2.75, 3.05) is 33.9 Å². The molecule has 2 fully saturated rings. The summed E-state index contributed by atoms with van der Waals surface area (Å²) in [6.07, 6.45) is 2.44. The standard InChI is InChI=1S/C49H59FN10O8/c1-24(2)31-21-39(68-57-31)47-60-34-14-13-27(32-22-51-43(53-32)35-11-9-15-58(35)45(61)41(25(3)4)55-48(63)65-7)17-29(34)19-37(60)40-30(50)18-28(20-38(40)67-47)33-23-52-44(54-33)36-12-10-16-59(36)46(62)42(26(5)6)56-49(64)66-8/h13-14,17-21,23-26,32,35-36,41-42,47H,9-12,15-16,22H2,1-8H3,(H,51,53)(H,52,54)(H,55,63)(H,56,64)/t32?,35-,36-,41-,42-,47?/m0/s1. The van der Waals surface area contributed by atoms with E-state index in [9.17, 15) is 19.2 Å². The normalized spacial score (nSPS) is 20.8. The number of methoxy groups -OCH3 is 2. The summed E-state index contributed by atoms with van der Waals surface area (Å²) in [6, 6.07) is 10.8. The van der Waals surface area contributed by atoms with Gasteiger partial charge in [-0.05, 0) is 79.3 Å². The number of carbonyl (C=O) groups excluding carboxylic acids is 4. The second-order valence-electron chi connectivity index (χ2n) is 19.0. The number of amidine groups is 1. The average Bonchev–Trinajstić information content (AvgIpc) is 4.18. The van der Waals surface area contributed by atoms with Crippen molar-refractivity contribution in [3.8, 4) is 28.3 Å². The van der Waals surface area contributed by atoms with Gasteiger partial charge < -0.3 is 49.5 Å². The molecule has 0 spiro atoms. The Bertz CT molecular complexity index is 2780. The number of ether oxygens (including phenoxy) is 3. The first kappa shape index (κ1) is 46.2.